The first kappa shape index (κ1) is 15.3. The van der Waals surface area contributed by atoms with E-state index in [9.17, 15) is 13.2 Å². The Morgan fingerprint density at radius 3 is 2.67 bits per heavy atom. The van der Waals surface area contributed by atoms with Gasteiger partial charge in [-0.2, -0.15) is 18.2 Å². The van der Waals surface area contributed by atoms with Crippen molar-refractivity contribution in [2.45, 2.75) is 25.6 Å². The molecule has 1 unspecified atom stereocenters. The largest absolute Gasteiger partial charge is 0.416 e. The second-order valence-corrected chi connectivity index (χ2v) is 4.57. The molecular formula is C13H14F3N3O2. The number of rotatable bonds is 4. The summed E-state index contributed by atoms with van der Waals surface area (Å²) >= 11 is 0. The van der Waals surface area contributed by atoms with E-state index < -0.39 is 11.7 Å². The molecule has 1 heterocycles. The minimum atomic E-state index is -4.44. The average Bonchev–Trinajstić information content (AvgIpc) is 2.85. The lowest BCUT2D eigenvalue weighted by Crippen LogP contribution is -2.09. The first-order valence-electron chi connectivity index (χ1n) is 6.13. The smallest absolute Gasteiger partial charge is 0.398 e. The molecule has 21 heavy (non-hydrogen) atoms. The maximum Gasteiger partial charge on any atom is 0.416 e. The lowest BCUT2D eigenvalue weighted by atomic mass is 10.1. The van der Waals surface area contributed by atoms with Gasteiger partial charge in [0.1, 0.15) is 0 Å². The second-order valence-electron chi connectivity index (χ2n) is 4.57. The second kappa shape index (κ2) is 5.72. The van der Waals surface area contributed by atoms with Gasteiger partial charge in [0.15, 0.2) is 5.82 Å². The van der Waals surface area contributed by atoms with Crippen molar-refractivity contribution in [2.75, 3.05) is 12.8 Å². The number of nitrogens with two attached hydrogens (primary N) is 1. The molecule has 0 spiro atoms. The highest BCUT2D eigenvalue weighted by atomic mass is 19.4. The van der Waals surface area contributed by atoms with Gasteiger partial charge in [-0.25, -0.2) is 0 Å². The summed E-state index contributed by atoms with van der Waals surface area (Å²) in [5.41, 5.74) is 5.01. The Kier molecular flexibility index (Phi) is 4.17. The number of benzene rings is 1. The van der Waals surface area contributed by atoms with Gasteiger partial charge in [0.2, 0.25) is 0 Å². The molecule has 0 aliphatic rings. The van der Waals surface area contributed by atoms with E-state index in [4.69, 9.17) is 15.0 Å². The molecule has 2 aromatic rings. The van der Waals surface area contributed by atoms with Crippen LogP contribution in [0.25, 0.3) is 11.5 Å². The lowest BCUT2D eigenvalue weighted by molar-refractivity contribution is -0.137. The standard InChI is InChI=1S/C13H14F3N3O2/c1-7(20-2)5-11-18-12(21-19-11)9-4-3-8(6-10(9)17)13(14,15)16/h3-4,6-7H,5,17H2,1-2H3. The number of anilines is 1. The van der Waals surface area contributed by atoms with Gasteiger partial charge in [0, 0.05) is 19.2 Å². The van der Waals surface area contributed by atoms with Crippen LogP contribution in [0.4, 0.5) is 18.9 Å². The highest BCUT2D eigenvalue weighted by Gasteiger charge is 2.31. The number of halogens is 3. The first-order chi connectivity index (χ1) is 9.81. The maximum atomic E-state index is 12.6. The van der Waals surface area contributed by atoms with E-state index >= 15 is 0 Å². The van der Waals surface area contributed by atoms with E-state index in [0.29, 0.717) is 12.2 Å². The molecule has 8 heteroatoms. The number of hydrogen-bond donors (Lipinski definition) is 1. The zero-order chi connectivity index (χ0) is 15.6. The van der Waals surface area contributed by atoms with E-state index in [1.807, 2.05) is 6.92 Å². The van der Waals surface area contributed by atoms with E-state index in [1.165, 1.54) is 6.07 Å². The molecule has 0 radical (unpaired) electrons. The number of methoxy groups -OCH3 is 1. The van der Waals surface area contributed by atoms with Crippen molar-refractivity contribution in [1.82, 2.24) is 10.1 Å². The normalized spacial score (nSPS) is 13.4. The van der Waals surface area contributed by atoms with E-state index in [1.54, 1.807) is 7.11 Å². The Morgan fingerprint density at radius 1 is 1.38 bits per heavy atom. The van der Waals surface area contributed by atoms with Crippen LogP contribution in [0.2, 0.25) is 0 Å². The number of ether oxygens (including phenoxy) is 1. The molecule has 0 bridgehead atoms. The summed E-state index contributed by atoms with van der Waals surface area (Å²) in [4.78, 5) is 4.10. The minimum Gasteiger partial charge on any atom is -0.398 e. The fraction of sp³-hybridized carbons (Fsp3) is 0.385. The molecular weight excluding hydrogens is 287 g/mol. The number of nitrogens with zero attached hydrogens (tertiary/aromatic N) is 2. The maximum absolute atomic E-state index is 12.6. The SMILES string of the molecule is COC(C)Cc1noc(-c2ccc(C(F)(F)F)cc2N)n1. The van der Waals surface area contributed by atoms with E-state index in [-0.39, 0.29) is 23.2 Å². The van der Waals surface area contributed by atoms with Crippen LogP contribution in [0.15, 0.2) is 22.7 Å². The average molecular weight is 301 g/mol. The molecule has 0 aliphatic carbocycles. The molecule has 0 saturated heterocycles. The number of hydrogen-bond acceptors (Lipinski definition) is 5. The van der Waals surface area contributed by atoms with Crippen LogP contribution in [0.3, 0.4) is 0 Å². The summed E-state index contributed by atoms with van der Waals surface area (Å²) in [6.45, 7) is 1.84. The van der Waals surface area contributed by atoms with Crippen LogP contribution in [0, 0.1) is 0 Å². The van der Waals surface area contributed by atoms with Crippen molar-refractivity contribution >= 4 is 5.69 Å². The van der Waals surface area contributed by atoms with Crippen LogP contribution < -0.4 is 5.73 Å². The lowest BCUT2D eigenvalue weighted by Gasteiger charge is -2.08. The van der Waals surface area contributed by atoms with Crippen LogP contribution in [0.5, 0.6) is 0 Å². The summed E-state index contributed by atoms with van der Waals surface area (Å²) in [6, 6.07) is 2.99. The van der Waals surface area contributed by atoms with Crippen molar-refractivity contribution in [3.63, 3.8) is 0 Å². The predicted octanol–water partition coefficient (Wildman–Crippen LogP) is 2.92. The molecule has 114 valence electrons. The van der Waals surface area contributed by atoms with Crippen LogP contribution in [-0.2, 0) is 17.3 Å². The third kappa shape index (κ3) is 3.52. The van der Waals surface area contributed by atoms with Crippen LogP contribution >= 0.6 is 0 Å². The zero-order valence-corrected chi connectivity index (χ0v) is 11.4. The summed E-state index contributed by atoms with van der Waals surface area (Å²) in [7, 11) is 1.56. The van der Waals surface area contributed by atoms with Crippen molar-refractivity contribution < 1.29 is 22.4 Å². The molecule has 0 aliphatic heterocycles. The van der Waals surface area contributed by atoms with Crippen molar-refractivity contribution in [3.05, 3.63) is 29.6 Å². The van der Waals surface area contributed by atoms with Crippen molar-refractivity contribution in [1.29, 1.82) is 0 Å². The Morgan fingerprint density at radius 2 is 2.10 bits per heavy atom. The fourth-order valence-corrected chi connectivity index (χ4v) is 1.72. The molecule has 0 amide bonds. The molecule has 5 nitrogen and oxygen atoms in total. The van der Waals surface area contributed by atoms with Gasteiger partial charge in [-0.3, -0.25) is 0 Å². The van der Waals surface area contributed by atoms with Gasteiger partial charge in [-0.1, -0.05) is 5.16 Å². The quantitative estimate of drug-likeness (QED) is 0.879. The third-order valence-electron chi connectivity index (χ3n) is 2.95. The number of alkyl halides is 3. The first-order valence-corrected chi connectivity index (χ1v) is 6.13. The summed E-state index contributed by atoms with van der Waals surface area (Å²) in [5.74, 6) is 0.484. The number of aromatic nitrogens is 2. The molecule has 2 rings (SSSR count). The van der Waals surface area contributed by atoms with Gasteiger partial charge in [0.25, 0.3) is 5.89 Å². The van der Waals surface area contributed by atoms with Crippen molar-refractivity contribution in [2.24, 2.45) is 0 Å². The Balaban J connectivity index is 2.27. The van der Waals surface area contributed by atoms with E-state index in [0.717, 1.165) is 12.1 Å². The van der Waals surface area contributed by atoms with Gasteiger partial charge < -0.3 is 15.0 Å². The van der Waals surface area contributed by atoms with Gasteiger partial charge >= 0.3 is 6.18 Å². The Labute approximate surface area is 118 Å². The van der Waals surface area contributed by atoms with E-state index in [2.05, 4.69) is 10.1 Å². The predicted molar refractivity (Wildman–Crippen MR) is 69.3 cm³/mol. The fourth-order valence-electron chi connectivity index (χ4n) is 1.72. The highest BCUT2D eigenvalue weighted by molar-refractivity contribution is 5.71. The minimum absolute atomic E-state index is 0.0696. The Bertz CT molecular complexity index is 625. The molecule has 1 aromatic carbocycles. The summed E-state index contributed by atoms with van der Waals surface area (Å²) in [6.07, 6.45) is -4.11. The number of nitrogen functional groups attached to an aromatic ring is 1. The molecule has 1 aromatic heterocycles. The van der Waals surface area contributed by atoms with Gasteiger partial charge in [-0.15, -0.1) is 0 Å². The third-order valence-corrected chi connectivity index (χ3v) is 2.95. The molecule has 0 saturated carbocycles. The van der Waals surface area contributed by atoms with Crippen molar-refractivity contribution in [3.8, 4) is 11.5 Å². The summed E-state index contributed by atoms with van der Waals surface area (Å²) < 4.78 is 47.8. The molecule has 1 atom stereocenters. The zero-order valence-electron chi connectivity index (χ0n) is 11.4. The monoisotopic (exact) mass is 301 g/mol. The molecule has 2 N–H and O–H groups in total. The van der Waals surface area contributed by atoms with Gasteiger partial charge in [-0.05, 0) is 25.1 Å². The molecule has 0 fully saturated rings. The van der Waals surface area contributed by atoms with Gasteiger partial charge in [0.05, 0.1) is 17.2 Å². The summed E-state index contributed by atoms with van der Waals surface area (Å²) in [5, 5.41) is 3.75. The van der Waals surface area contributed by atoms with Crippen LogP contribution in [0.1, 0.15) is 18.3 Å². The Hall–Kier alpha value is -2.09. The van der Waals surface area contributed by atoms with Crippen LogP contribution in [-0.4, -0.2) is 23.4 Å². The topological polar surface area (TPSA) is 74.2 Å². The highest BCUT2D eigenvalue weighted by Crippen LogP contribution is 2.34.